The first-order valence-electron chi connectivity index (χ1n) is 6.17. The van der Waals surface area contributed by atoms with Gasteiger partial charge in [0.05, 0.1) is 0 Å². The van der Waals surface area contributed by atoms with Gasteiger partial charge in [-0.05, 0) is 37.5 Å². The van der Waals surface area contributed by atoms with E-state index < -0.39 is 0 Å². The maximum absolute atomic E-state index is 5.11. The monoisotopic (exact) mass is 299 g/mol. The largest absolute Gasteiger partial charge is 0.385 e. The molecule has 96 valence electrons. The summed E-state index contributed by atoms with van der Waals surface area (Å²) < 4.78 is 6.24. The number of hydrogen-bond donors (Lipinski definition) is 1. The average Bonchev–Trinajstić information content (AvgIpc) is 2.33. The third kappa shape index (κ3) is 5.19. The Kier molecular flexibility index (Phi) is 6.78. The van der Waals surface area contributed by atoms with Crippen molar-refractivity contribution < 1.29 is 4.74 Å². The van der Waals surface area contributed by atoms with Crippen molar-refractivity contribution in [1.29, 1.82) is 0 Å². The zero-order valence-electron chi connectivity index (χ0n) is 10.9. The minimum absolute atomic E-state index is 0.416. The zero-order chi connectivity index (χ0) is 12.7. The molecule has 3 heteroatoms. The van der Waals surface area contributed by atoms with E-state index in [-0.39, 0.29) is 0 Å². The Hall–Kier alpha value is -0.380. The van der Waals surface area contributed by atoms with Crippen LogP contribution in [-0.4, -0.2) is 19.8 Å². The number of methoxy groups -OCH3 is 1. The van der Waals surface area contributed by atoms with E-state index in [2.05, 4.69) is 59.4 Å². The molecule has 0 aliphatic heterocycles. The number of nitrogens with one attached hydrogen (secondary N) is 1. The van der Waals surface area contributed by atoms with E-state index in [0.29, 0.717) is 12.1 Å². The van der Waals surface area contributed by atoms with Crippen molar-refractivity contribution >= 4 is 15.9 Å². The number of halogens is 1. The Morgan fingerprint density at radius 2 is 2.18 bits per heavy atom. The molecular weight excluding hydrogens is 278 g/mol. The second kappa shape index (κ2) is 7.85. The van der Waals surface area contributed by atoms with Crippen molar-refractivity contribution in [3.05, 3.63) is 34.3 Å². The fourth-order valence-electron chi connectivity index (χ4n) is 1.89. The van der Waals surface area contributed by atoms with Crippen LogP contribution in [0.25, 0.3) is 0 Å². The van der Waals surface area contributed by atoms with Gasteiger partial charge in [0.25, 0.3) is 0 Å². The highest BCUT2D eigenvalue weighted by molar-refractivity contribution is 9.10. The lowest BCUT2D eigenvalue weighted by atomic mass is 10.0. The van der Waals surface area contributed by atoms with Gasteiger partial charge in [0, 0.05) is 30.3 Å². The summed E-state index contributed by atoms with van der Waals surface area (Å²) in [6.07, 6.45) is 2.13. The van der Waals surface area contributed by atoms with Gasteiger partial charge in [-0.15, -0.1) is 0 Å². The van der Waals surface area contributed by atoms with Gasteiger partial charge in [-0.25, -0.2) is 0 Å². The van der Waals surface area contributed by atoms with Crippen LogP contribution in [0.3, 0.4) is 0 Å². The number of hydrogen-bond acceptors (Lipinski definition) is 2. The van der Waals surface area contributed by atoms with Crippen LogP contribution < -0.4 is 5.32 Å². The highest BCUT2D eigenvalue weighted by atomic mass is 79.9. The molecule has 2 atom stereocenters. The summed E-state index contributed by atoms with van der Waals surface area (Å²) in [7, 11) is 1.75. The van der Waals surface area contributed by atoms with Crippen molar-refractivity contribution in [3.63, 3.8) is 0 Å². The van der Waals surface area contributed by atoms with Crippen LogP contribution >= 0.6 is 15.9 Å². The van der Waals surface area contributed by atoms with Gasteiger partial charge in [-0.3, -0.25) is 0 Å². The van der Waals surface area contributed by atoms with Crippen LogP contribution in [-0.2, 0) is 4.74 Å². The van der Waals surface area contributed by atoms with E-state index in [4.69, 9.17) is 4.74 Å². The molecular formula is C14H22BrNO. The second-order valence-electron chi connectivity index (χ2n) is 4.37. The smallest absolute Gasteiger partial charge is 0.0476 e. The molecule has 0 aliphatic carbocycles. The maximum Gasteiger partial charge on any atom is 0.0476 e. The first kappa shape index (κ1) is 14.7. The van der Waals surface area contributed by atoms with Crippen LogP contribution in [0.15, 0.2) is 28.7 Å². The quantitative estimate of drug-likeness (QED) is 0.824. The molecule has 0 fully saturated rings. The molecule has 1 N–H and O–H groups in total. The Morgan fingerprint density at radius 1 is 1.41 bits per heavy atom. The fourth-order valence-corrected chi connectivity index (χ4v) is 2.31. The predicted molar refractivity (Wildman–Crippen MR) is 76.3 cm³/mol. The van der Waals surface area contributed by atoms with Gasteiger partial charge in [0.15, 0.2) is 0 Å². The Bertz CT molecular complexity index is 330. The van der Waals surface area contributed by atoms with E-state index in [1.165, 1.54) is 5.56 Å². The van der Waals surface area contributed by atoms with Crippen molar-refractivity contribution in [2.45, 2.75) is 38.8 Å². The molecule has 2 nitrogen and oxygen atoms in total. The van der Waals surface area contributed by atoms with Crippen LogP contribution in [0, 0.1) is 0 Å². The minimum Gasteiger partial charge on any atom is -0.385 e. The first-order valence-corrected chi connectivity index (χ1v) is 6.97. The minimum atomic E-state index is 0.416. The van der Waals surface area contributed by atoms with Gasteiger partial charge in [-0.2, -0.15) is 0 Å². The molecule has 1 aromatic rings. The van der Waals surface area contributed by atoms with Crippen molar-refractivity contribution in [2.75, 3.05) is 13.7 Å². The highest BCUT2D eigenvalue weighted by Gasteiger charge is 2.12. The molecule has 17 heavy (non-hydrogen) atoms. The highest BCUT2D eigenvalue weighted by Crippen LogP contribution is 2.21. The van der Waals surface area contributed by atoms with Crippen LogP contribution in [0.1, 0.15) is 38.3 Å². The lowest BCUT2D eigenvalue weighted by molar-refractivity contribution is 0.182. The molecule has 0 radical (unpaired) electrons. The second-order valence-corrected chi connectivity index (χ2v) is 5.28. The average molecular weight is 300 g/mol. The number of benzene rings is 1. The fraction of sp³-hybridized carbons (Fsp3) is 0.571. The maximum atomic E-state index is 5.11. The normalized spacial score (nSPS) is 14.6. The summed E-state index contributed by atoms with van der Waals surface area (Å²) in [6, 6.07) is 9.39. The van der Waals surface area contributed by atoms with Crippen LogP contribution in [0.5, 0.6) is 0 Å². The van der Waals surface area contributed by atoms with Crippen molar-refractivity contribution in [2.24, 2.45) is 0 Å². The molecule has 0 bridgehead atoms. The van der Waals surface area contributed by atoms with Gasteiger partial charge in [0.1, 0.15) is 0 Å². The van der Waals surface area contributed by atoms with E-state index in [0.717, 1.165) is 23.9 Å². The summed E-state index contributed by atoms with van der Waals surface area (Å²) in [5, 5.41) is 3.64. The lowest BCUT2D eigenvalue weighted by Crippen LogP contribution is -2.31. The molecule has 0 saturated carbocycles. The summed E-state index contributed by atoms with van der Waals surface area (Å²) in [6.45, 7) is 5.23. The van der Waals surface area contributed by atoms with Gasteiger partial charge in [-0.1, -0.05) is 35.0 Å². The predicted octanol–water partition coefficient (Wildman–Crippen LogP) is 3.91. The van der Waals surface area contributed by atoms with E-state index in [1.807, 2.05) is 0 Å². The van der Waals surface area contributed by atoms with E-state index >= 15 is 0 Å². The summed E-state index contributed by atoms with van der Waals surface area (Å²) in [5.41, 5.74) is 1.34. The van der Waals surface area contributed by atoms with Gasteiger partial charge < -0.3 is 10.1 Å². The molecule has 1 aromatic carbocycles. The zero-order valence-corrected chi connectivity index (χ0v) is 12.5. The Labute approximate surface area is 113 Å². The van der Waals surface area contributed by atoms with Crippen molar-refractivity contribution in [3.8, 4) is 0 Å². The van der Waals surface area contributed by atoms with Gasteiger partial charge in [0.2, 0.25) is 0 Å². The third-order valence-corrected chi connectivity index (χ3v) is 3.39. The topological polar surface area (TPSA) is 21.3 Å². The molecule has 0 aromatic heterocycles. The first-order chi connectivity index (χ1) is 8.17. The number of rotatable bonds is 7. The van der Waals surface area contributed by atoms with E-state index in [1.54, 1.807) is 7.11 Å². The van der Waals surface area contributed by atoms with Crippen LogP contribution in [0.2, 0.25) is 0 Å². The SMILES string of the molecule is CCC(NC(C)CCOC)c1cccc(Br)c1. The van der Waals surface area contributed by atoms with Gasteiger partial charge >= 0.3 is 0 Å². The molecule has 0 heterocycles. The molecule has 1 rings (SSSR count). The van der Waals surface area contributed by atoms with Crippen molar-refractivity contribution in [1.82, 2.24) is 5.32 Å². The standard InChI is InChI=1S/C14H22BrNO/c1-4-14(16-11(2)8-9-17-3)12-6-5-7-13(15)10-12/h5-7,10-11,14,16H,4,8-9H2,1-3H3. The number of ether oxygens (including phenoxy) is 1. The Morgan fingerprint density at radius 3 is 2.76 bits per heavy atom. The summed E-state index contributed by atoms with van der Waals surface area (Å²) >= 11 is 3.52. The molecule has 0 spiro atoms. The lowest BCUT2D eigenvalue weighted by Gasteiger charge is -2.22. The van der Waals surface area contributed by atoms with Crippen LogP contribution in [0.4, 0.5) is 0 Å². The third-order valence-electron chi connectivity index (χ3n) is 2.90. The summed E-state index contributed by atoms with van der Waals surface area (Å²) in [4.78, 5) is 0. The molecule has 0 aliphatic rings. The Balaban J connectivity index is 2.59. The molecule has 0 saturated heterocycles. The van der Waals surface area contributed by atoms with E-state index in [9.17, 15) is 0 Å². The molecule has 0 amide bonds. The molecule has 2 unspecified atom stereocenters. The summed E-state index contributed by atoms with van der Waals surface area (Å²) in [5.74, 6) is 0.